The number of pyridine rings is 1. The van der Waals surface area contributed by atoms with E-state index >= 15 is 0 Å². The lowest BCUT2D eigenvalue weighted by Gasteiger charge is -2.22. The third-order valence-electron chi connectivity index (χ3n) is 4.74. The summed E-state index contributed by atoms with van der Waals surface area (Å²) in [5.74, 6) is 1.28. The van der Waals surface area contributed by atoms with Gasteiger partial charge in [-0.15, -0.1) is 0 Å². The third kappa shape index (κ3) is 3.88. The van der Waals surface area contributed by atoms with Crippen molar-refractivity contribution in [1.29, 1.82) is 0 Å². The molecule has 1 amide bonds. The third-order valence-corrected chi connectivity index (χ3v) is 4.98. The zero-order valence-corrected chi connectivity index (χ0v) is 15.8. The number of carbonyl (C=O) groups excluding carboxylic acids is 1. The number of carbonyl (C=O) groups is 1. The van der Waals surface area contributed by atoms with Gasteiger partial charge in [-0.05, 0) is 49.6 Å². The maximum absolute atomic E-state index is 12.9. The Kier molecular flexibility index (Phi) is 4.94. The van der Waals surface area contributed by atoms with Crippen LogP contribution in [0.4, 0.5) is 0 Å². The van der Waals surface area contributed by atoms with Crippen molar-refractivity contribution in [3.05, 3.63) is 82.3 Å². The van der Waals surface area contributed by atoms with Crippen LogP contribution in [0.25, 0.3) is 0 Å². The first-order valence-corrected chi connectivity index (χ1v) is 9.41. The van der Waals surface area contributed by atoms with E-state index in [-0.39, 0.29) is 11.9 Å². The molecule has 4 rings (SSSR count). The summed E-state index contributed by atoms with van der Waals surface area (Å²) in [5.41, 5.74) is 2.36. The minimum Gasteiger partial charge on any atom is -0.443 e. The van der Waals surface area contributed by atoms with Crippen molar-refractivity contribution in [3.8, 4) is 0 Å². The normalized spacial score (nSPS) is 16.7. The van der Waals surface area contributed by atoms with Crippen molar-refractivity contribution in [1.82, 2.24) is 14.9 Å². The van der Waals surface area contributed by atoms with E-state index in [1.807, 2.05) is 48.2 Å². The molecule has 3 aromatic rings. The van der Waals surface area contributed by atoms with Gasteiger partial charge in [-0.1, -0.05) is 29.8 Å². The van der Waals surface area contributed by atoms with Crippen molar-refractivity contribution in [2.24, 2.45) is 0 Å². The summed E-state index contributed by atoms with van der Waals surface area (Å²) >= 11 is 6.05. The maximum atomic E-state index is 12.9. The second-order valence-electron chi connectivity index (χ2n) is 6.79. The van der Waals surface area contributed by atoms with Gasteiger partial charge in [0.05, 0.1) is 6.20 Å². The van der Waals surface area contributed by atoms with Crippen molar-refractivity contribution < 1.29 is 9.21 Å². The molecule has 0 aliphatic carbocycles. The fraction of sp³-hybridized carbons (Fsp3) is 0.286. The van der Waals surface area contributed by atoms with E-state index in [0.717, 1.165) is 29.9 Å². The van der Waals surface area contributed by atoms with E-state index in [9.17, 15) is 4.79 Å². The Morgan fingerprint density at radius 2 is 2.15 bits per heavy atom. The van der Waals surface area contributed by atoms with Crippen molar-refractivity contribution in [2.75, 3.05) is 6.54 Å². The lowest BCUT2D eigenvalue weighted by atomic mass is 10.1. The highest BCUT2D eigenvalue weighted by molar-refractivity contribution is 6.30. The van der Waals surface area contributed by atoms with Gasteiger partial charge >= 0.3 is 0 Å². The van der Waals surface area contributed by atoms with Crippen LogP contribution in [-0.4, -0.2) is 27.3 Å². The number of aromatic nitrogens is 2. The molecule has 1 aliphatic rings. The average Bonchev–Trinajstić information content (AvgIpc) is 3.30. The molecular formula is C21H20ClN3O2. The Bertz CT molecular complexity index is 969. The Morgan fingerprint density at radius 3 is 2.96 bits per heavy atom. The lowest BCUT2D eigenvalue weighted by molar-refractivity contribution is 0.0708. The van der Waals surface area contributed by atoms with Crippen LogP contribution in [0.1, 0.15) is 52.3 Å². The number of nitrogens with zero attached hydrogens (tertiary/aromatic N) is 3. The second kappa shape index (κ2) is 7.53. The van der Waals surface area contributed by atoms with Gasteiger partial charge in [0.15, 0.2) is 0 Å². The number of hydrogen-bond donors (Lipinski definition) is 0. The minimum absolute atomic E-state index is 0.0733. The molecule has 6 heteroatoms. The molecule has 1 fully saturated rings. The molecule has 27 heavy (non-hydrogen) atoms. The topological polar surface area (TPSA) is 59.2 Å². The van der Waals surface area contributed by atoms with Crippen LogP contribution in [0.15, 0.2) is 53.1 Å². The molecule has 2 aromatic heterocycles. The summed E-state index contributed by atoms with van der Waals surface area (Å²) in [6.07, 6.45) is 4.12. The van der Waals surface area contributed by atoms with Crippen molar-refractivity contribution in [2.45, 2.75) is 32.2 Å². The van der Waals surface area contributed by atoms with Crippen LogP contribution in [0.5, 0.6) is 0 Å². The molecule has 3 heterocycles. The van der Waals surface area contributed by atoms with Crippen LogP contribution >= 0.6 is 11.6 Å². The molecule has 5 nitrogen and oxygen atoms in total. The van der Waals surface area contributed by atoms with Gasteiger partial charge in [0, 0.05) is 23.7 Å². The molecule has 1 atom stereocenters. The predicted molar refractivity (Wildman–Crippen MR) is 103 cm³/mol. The SMILES string of the molecule is Cc1cccc(C(=O)N2CCCC2c2ncc(Cc3cccc(Cl)c3)o2)n1. The molecule has 0 bridgehead atoms. The molecule has 1 aliphatic heterocycles. The molecule has 1 saturated heterocycles. The largest absolute Gasteiger partial charge is 0.443 e. The van der Waals surface area contributed by atoms with E-state index in [1.165, 1.54) is 0 Å². The zero-order chi connectivity index (χ0) is 18.8. The summed E-state index contributed by atoms with van der Waals surface area (Å²) in [7, 11) is 0. The van der Waals surface area contributed by atoms with Crippen molar-refractivity contribution >= 4 is 17.5 Å². The number of likely N-dealkylation sites (tertiary alicyclic amines) is 1. The average molecular weight is 382 g/mol. The van der Waals surface area contributed by atoms with E-state index < -0.39 is 0 Å². The highest BCUT2D eigenvalue weighted by atomic mass is 35.5. The molecule has 1 unspecified atom stereocenters. The summed E-state index contributed by atoms with van der Waals surface area (Å²) < 4.78 is 5.98. The van der Waals surface area contributed by atoms with Crippen LogP contribution in [0.2, 0.25) is 5.02 Å². The number of amides is 1. The number of halogens is 1. The number of rotatable bonds is 4. The maximum Gasteiger partial charge on any atom is 0.273 e. The van der Waals surface area contributed by atoms with Crippen LogP contribution in [0, 0.1) is 6.92 Å². The van der Waals surface area contributed by atoms with Crippen molar-refractivity contribution in [3.63, 3.8) is 0 Å². The predicted octanol–water partition coefficient (Wildman–Crippen LogP) is 4.60. The number of benzene rings is 1. The lowest BCUT2D eigenvalue weighted by Crippen LogP contribution is -2.31. The summed E-state index contributed by atoms with van der Waals surface area (Å²) in [6.45, 7) is 2.57. The standard InChI is InChI=1S/C21H20ClN3O2/c1-14-5-2-8-18(24-14)21(26)25-10-4-9-19(25)20-23-13-17(27-20)12-15-6-3-7-16(22)11-15/h2-3,5-8,11,13,19H,4,9-10,12H2,1H3. The fourth-order valence-electron chi connectivity index (χ4n) is 3.48. The summed E-state index contributed by atoms with van der Waals surface area (Å²) in [6, 6.07) is 13.0. The molecular weight excluding hydrogens is 362 g/mol. The fourth-order valence-corrected chi connectivity index (χ4v) is 3.70. The van der Waals surface area contributed by atoms with Gasteiger partial charge in [-0.2, -0.15) is 0 Å². The van der Waals surface area contributed by atoms with Gasteiger partial charge in [-0.25, -0.2) is 9.97 Å². The van der Waals surface area contributed by atoms with Crippen LogP contribution in [-0.2, 0) is 6.42 Å². The van der Waals surface area contributed by atoms with Crippen LogP contribution in [0.3, 0.4) is 0 Å². The summed E-state index contributed by atoms with van der Waals surface area (Å²) in [5, 5.41) is 0.699. The second-order valence-corrected chi connectivity index (χ2v) is 7.23. The Morgan fingerprint density at radius 1 is 1.30 bits per heavy atom. The molecule has 138 valence electrons. The Balaban J connectivity index is 1.52. The number of oxazole rings is 1. The van der Waals surface area contributed by atoms with E-state index in [4.69, 9.17) is 16.0 Å². The first-order chi connectivity index (χ1) is 13.1. The quantitative estimate of drug-likeness (QED) is 0.662. The van der Waals surface area contributed by atoms with Gasteiger partial charge in [-0.3, -0.25) is 4.79 Å². The molecule has 0 N–H and O–H groups in total. The van der Waals surface area contributed by atoms with Gasteiger partial charge < -0.3 is 9.32 Å². The number of hydrogen-bond acceptors (Lipinski definition) is 4. The monoisotopic (exact) mass is 381 g/mol. The van der Waals surface area contributed by atoms with E-state index in [2.05, 4.69) is 9.97 Å². The summed E-state index contributed by atoms with van der Waals surface area (Å²) in [4.78, 5) is 23.5. The zero-order valence-electron chi connectivity index (χ0n) is 15.1. The molecule has 1 aromatic carbocycles. The number of aryl methyl sites for hydroxylation is 1. The van der Waals surface area contributed by atoms with E-state index in [1.54, 1.807) is 12.3 Å². The smallest absolute Gasteiger partial charge is 0.273 e. The molecule has 0 saturated carbocycles. The Hall–Kier alpha value is -2.66. The molecule has 0 radical (unpaired) electrons. The van der Waals surface area contributed by atoms with Crippen LogP contribution < -0.4 is 0 Å². The highest BCUT2D eigenvalue weighted by Gasteiger charge is 2.34. The van der Waals surface area contributed by atoms with Gasteiger partial charge in [0.2, 0.25) is 5.89 Å². The first kappa shape index (κ1) is 17.7. The first-order valence-electron chi connectivity index (χ1n) is 9.04. The minimum atomic E-state index is -0.145. The Labute approximate surface area is 163 Å². The molecule has 0 spiro atoms. The van der Waals surface area contributed by atoms with Gasteiger partial charge in [0.25, 0.3) is 5.91 Å². The highest BCUT2D eigenvalue weighted by Crippen LogP contribution is 2.33. The van der Waals surface area contributed by atoms with E-state index in [0.29, 0.717) is 29.6 Å². The van der Waals surface area contributed by atoms with Gasteiger partial charge in [0.1, 0.15) is 17.5 Å².